The maximum Gasteiger partial charge on any atom is 0.0235 e. The molecule has 0 aromatic heterocycles. The van der Waals surface area contributed by atoms with Crippen LogP contribution in [0.4, 0.5) is 0 Å². The first-order valence-electron chi connectivity index (χ1n) is 5.56. The van der Waals surface area contributed by atoms with Crippen LogP contribution in [0.1, 0.15) is 46.5 Å². The van der Waals surface area contributed by atoms with Crippen molar-refractivity contribution in [1.29, 1.82) is 0 Å². The molecule has 0 rings (SSSR count). The Bertz CT molecular complexity index is 98.3. The summed E-state index contributed by atoms with van der Waals surface area (Å²) >= 11 is 5.70. The summed E-state index contributed by atoms with van der Waals surface area (Å²) in [7, 11) is 0. The molecule has 0 heterocycles. The van der Waals surface area contributed by atoms with Gasteiger partial charge in [0, 0.05) is 11.9 Å². The van der Waals surface area contributed by atoms with E-state index >= 15 is 0 Å². The Hall–Kier alpha value is 0.250. The van der Waals surface area contributed by atoms with Gasteiger partial charge in [0.1, 0.15) is 0 Å². The predicted octanol–water partition coefficient (Wildman–Crippen LogP) is 3.52. The van der Waals surface area contributed by atoms with Crippen LogP contribution in [-0.2, 0) is 0 Å². The molecule has 0 aromatic carbocycles. The fourth-order valence-electron chi connectivity index (χ4n) is 1.43. The lowest BCUT2D eigenvalue weighted by Gasteiger charge is -2.27. The van der Waals surface area contributed by atoms with Crippen molar-refractivity contribution in [3.63, 3.8) is 0 Å². The molecule has 1 nitrogen and oxygen atoms in total. The van der Waals surface area contributed by atoms with E-state index in [0.29, 0.717) is 0 Å². The third-order valence-corrected chi connectivity index (χ3v) is 2.86. The normalized spacial score (nSPS) is 13.6. The lowest BCUT2D eigenvalue weighted by atomic mass is 10.2. The summed E-state index contributed by atoms with van der Waals surface area (Å²) in [5.74, 6) is 0.791. The molecule has 0 saturated carbocycles. The number of nitrogens with zero attached hydrogens (tertiary/aromatic N) is 1. The second-order valence-electron chi connectivity index (χ2n) is 3.69. The minimum Gasteiger partial charge on any atom is -0.301 e. The van der Waals surface area contributed by atoms with Crippen molar-refractivity contribution >= 4 is 11.6 Å². The van der Waals surface area contributed by atoms with Gasteiger partial charge in [-0.3, -0.25) is 0 Å². The van der Waals surface area contributed by atoms with Gasteiger partial charge in [-0.2, -0.15) is 0 Å². The van der Waals surface area contributed by atoms with Gasteiger partial charge in [0.15, 0.2) is 0 Å². The fraction of sp³-hybridized carbons (Fsp3) is 1.00. The van der Waals surface area contributed by atoms with Crippen molar-refractivity contribution < 1.29 is 0 Å². The molecule has 0 aromatic rings. The number of unbranched alkanes of at least 4 members (excludes halogenated alkanes) is 1. The van der Waals surface area contributed by atoms with Crippen molar-refractivity contribution in [2.45, 2.75) is 52.5 Å². The zero-order valence-corrected chi connectivity index (χ0v) is 10.1. The second-order valence-corrected chi connectivity index (χ2v) is 4.07. The van der Waals surface area contributed by atoms with Crippen molar-refractivity contribution in [2.24, 2.45) is 0 Å². The number of rotatable bonds is 8. The fourth-order valence-corrected chi connectivity index (χ4v) is 1.55. The number of halogens is 1. The van der Waals surface area contributed by atoms with E-state index in [9.17, 15) is 0 Å². The van der Waals surface area contributed by atoms with Crippen molar-refractivity contribution in [1.82, 2.24) is 4.90 Å². The summed E-state index contributed by atoms with van der Waals surface area (Å²) in [5, 5.41) is 0. The third-order valence-electron chi connectivity index (χ3n) is 2.59. The van der Waals surface area contributed by atoms with Crippen LogP contribution in [0.2, 0.25) is 0 Å². The molecule has 0 radical (unpaired) electrons. The Labute approximate surface area is 88.5 Å². The topological polar surface area (TPSA) is 3.24 Å². The molecular weight excluding hydrogens is 182 g/mol. The maximum absolute atomic E-state index is 5.70. The molecule has 0 aliphatic heterocycles. The Balaban J connectivity index is 3.72. The molecule has 0 aliphatic rings. The maximum atomic E-state index is 5.70. The third kappa shape index (κ3) is 6.34. The molecule has 0 bridgehead atoms. The smallest absolute Gasteiger partial charge is 0.0235 e. The van der Waals surface area contributed by atoms with Crippen molar-refractivity contribution in [2.75, 3.05) is 19.0 Å². The zero-order chi connectivity index (χ0) is 10.1. The van der Waals surface area contributed by atoms with E-state index in [0.717, 1.165) is 18.3 Å². The summed E-state index contributed by atoms with van der Waals surface area (Å²) < 4.78 is 0. The van der Waals surface area contributed by atoms with Crippen molar-refractivity contribution in [3.8, 4) is 0 Å². The molecule has 1 atom stereocenters. The first-order valence-corrected chi connectivity index (χ1v) is 6.09. The monoisotopic (exact) mass is 205 g/mol. The van der Waals surface area contributed by atoms with Crippen molar-refractivity contribution in [3.05, 3.63) is 0 Å². The molecular formula is C11H24ClN. The molecule has 0 amide bonds. The van der Waals surface area contributed by atoms with E-state index < -0.39 is 0 Å². The predicted molar refractivity (Wildman–Crippen MR) is 61.6 cm³/mol. The summed E-state index contributed by atoms with van der Waals surface area (Å²) in [4.78, 5) is 2.56. The van der Waals surface area contributed by atoms with Gasteiger partial charge in [-0.05, 0) is 39.3 Å². The molecule has 80 valence electrons. The Morgan fingerprint density at radius 3 is 2.23 bits per heavy atom. The van der Waals surface area contributed by atoms with Gasteiger partial charge in [-0.1, -0.05) is 20.3 Å². The molecule has 0 fully saturated rings. The molecule has 0 N–H and O–H groups in total. The average Bonchev–Trinajstić information content (AvgIpc) is 2.17. The Kier molecular flexibility index (Phi) is 9.00. The lowest BCUT2D eigenvalue weighted by molar-refractivity contribution is 0.201. The Morgan fingerprint density at radius 2 is 1.77 bits per heavy atom. The highest BCUT2D eigenvalue weighted by Gasteiger charge is 2.09. The Morgan fingerprint density at radius 1 is 1.15 bits per heavy atom. The highest BCUT2D eigenvalue weighted by atomic mass is 35.5. The quantitative estimate of drug-likeness (QED) is 0.549. The van der Waals surface area contributed by atoms with Gasteiger partial charge in [-0.15, -0.1) is 11.6 Å². The summed E-state index contributed by atoms with van der Waals surface area (Å²) in [5.41, 5.74) is 0. The second kappa shape index (κ2) is 8.83. The minimum absolute atomic E-state index is 0.717. The summed E-state index contributed by atoms with van der Waals surface area (Å²) in [6.07, 6.45) is 4.96. The first-order chi connectivity index (χ1) is 6.26. The van der Waals surface area contributed by atoms with Crippen LogP contribution < -0.4 is 0 Å². The molecule has 2 heteroatoms. The van der Waals surface area contributed by atoms with Gasteiger partial charge < -0.3 is 4.90 Å². The number of hydrogen-bond acceptors (Lipinski definition) is 1. The molecule has 0 aliphatic carbocycles. The van der Waals surface area contributed by atoms with E-state index in [1.54, 1.807) is 0 Å². The summed E-state index contributed by atoms with van der Waals surface area (Å²) in [6.45, 7) is 9.21. The van der Waals surface area contributed by atoms with Gasteiger partial charge in [0.05, 0.1) is 0 Å². The number of alkyl halides is 1. The molecule has 13 heavy (non-hydrogen) atoms. The van der Waals surface area contributed by atoms with E-state index in [1.807, 2.05) is 0 Å². The van der Waals surface area contributed by atoms with Crippen LogP contribution in [0.25, 0.3) is 0 Å². The van der Waals surface area contributed by atoms with Gasteiger partial charge >= 0.3 is 0 Å². The van der Waals surface area contributed by atoms with Crippen LogP contribution in [0.5, 0.6) is 0 Å². The van der Waals surface area contributed by atoms with Gasteiger partial charge in [-0.25, -0.2) is 0 Å². The highest BCUT2D eigenvalue weighted by Crippen LogP contribution is 2.06. The van der Waals surface area contributed by atoms with E-state index in [-0.39, 0.29) is 0 Å². The minimum atomic E-state index is 0.717. The van der Waals surface area contributed by atoms with Gasteiger partial charge in [0.25, 0.3) is 0 Å². The lowest BCUT2D eigenvalue weighted by Crippen LogP contribution is -2.34. The van der Waals surface area contributed by atoms with Crippen LogP contribution in [0, 0.1) is 0 Å². The average molecular weight is 206 g/mol. The molecule has 0 saturated heterocycles. The van der Waals surface area contributed by atoms with Crippen LogP contribution >= 0.6 is 11.6 Å². The highest BCUT2D eigenvalue weighted by molar-refractivity contribution is 6.17. The molecule has 0 spiro atoms. The van der Waals surface area contributed by atoms with Crippen LogP contribution in [-0.4, -0.2) is 29.9 Å². The summed E-state index contributed by atoms with van der Waals surface area (Å²) in [6, 6.07) is 0.717. The van der Waals surface area contributed by atoms with E-state index in [1.165, 1.54) is 32.4 Å². The van der Waals surface area contributed by atoms with E-state index in [2.05, 4.69) is 25.7 Å². The number of hydrogen-bond donors (Lipinski definition) is 0. The molecule has 1 unspecified atom stereocenters. The zero-order valence-electron chi connectivity index (χ0n) is 9.35. The standard InChI is InChI=1S/C11H24ClN/c1-4-6-9-13(10-7-8-12)11(3)5-2/h11H,4-10H2,1-3H3. The van der Waals surface area contributed by atoms with E-state index in [4.69, 9.17) is 11.6 Å². The van der Waals surface area contributed by atoms with Crippen LogP contribution in [0.3, 0.4) is 0 Å². The van der Waals surface area contributed by atoms with Gasteiger partial charge in [0.2, 0.25) is 0 Å². The largest absolute Gasteiger partial charge is 0.301 e. The first kappa shape index (κ1) is 13.2. The SMILES string of the molecule is CCCCN(CCCCl)C(C)CC. The van der Waals surface area contributed by atoms with Crippen LogP contribution in [0.15, 0.2) is 0 Å².